The number of halogens is 2. The van der Waals surface area contributed by atoms with Crippen molar-refractivity contribution < 1.29 is 23.1 Å². The third-order valence-electron chi connectivity index (χ3n) is 9.19. The molecule has 0 radical (unpaired) electrons. The average molecular weight is 630 g/mol. The maximum absolute atomic E-state index is 14.0. The molecule has 0 spiro atoms. The summed E-state index contributed by atoms with van der Waals surface area (Å²) in [6, 6.07) is 10.0. The number of benzene rings is 2. The smallest absolute Gasteiger partial charge is 0.236 e. The Balaban J connectivity index is 1.23. The first-order chi connectivity index (χ1) is 19.9. The molecule has 7 nitrogen and oxygen atoms in total. The molecule has 6 rings (SSSR count). The first-order valence-corrected chi connectivity index (χ1v) is 18.5. The summed E-state index contributed by atoms with van der Waals surface area (Å²) in [6.45, 7) is 13.0. The van der Waals surface area contributed by atoms with Gasteiger partial charge in [0.25, 0.3) is 0 Å². The fourth-order valence-electron chi connectivity index (χ4n) is 5.58. The Morgan fingerprint density at radius 3 is 2.69 bits per heavy atom. The summed E-state index contributed by atoms with van der Waals surface area (Å²) in [4.78, 5) is 21.4. The number of likely N-dealkylation sites (tertiary alicyclic amines) is 1. The van der Waals surface area contributed by atoms with E-state index in [-0.39, 0.29) is 35.7 Å². The number of nitrogens with zero attached hydrogens (tertiary/aromatic N) is 2. The second kappa shape index (κ2) is 10.9. The van der Waals surface area contributed by atoms with Crippen LogP contribution in [0.5, 0.6) is 11.5 Å². The highest BCUT2D eigenvalue weighted by molar-refractivity contribution is 7.15. The predicted molar refractivity (Wildman–Crippen MR) is 166 cm³/mol. The topological polar surface area (TPSA) is 72.9 Å². The molecule has 2 fully saturated rings. The van der Waals surface area contributed by atoms with Crippen LogP contribution in [0.4, 0.5) is 9.52 Å². The third kappa shape index (κ3) is 5.59. The van der Waals surface area contributed by atoms with Crippen LogP contribution >= 0.6 is 22.9 Å². The van der Waals surface area contributed by atoms with E-state index in [1.54, 1.807) is 12.3 Å². The van der Waals surface area contributed by atoms with Crippen molar-refractivity contribution in [3.63, 3.8) is 0 Å². The minimum Gasteiger partial charge on any atom is -0.454 e. The van der Waals surface area contributed by atoms with Gasteiger partial charge < -0.3 is 19.2 Å². The zero-order valence-electron chi connectivity index (χ0n) is 24.6. The summed E-state index contributed by atoms with van der Waals surface area (Å²) in [6.07, 6.45) is 4.33. The molecule has 1 amide bonds. The van der Waals surface area contributed by atoms with Crippen molar-refractivity contribution >= 4 is 42.3 Å². The van der Waals surface area contributed by atoms with Crippen LogP contribution in [-0.2, 0) is 14.6 Å². The van der Waals surface area contributed by atoms with Gasteiger partial charge in [-0.2, -0.15) is 0 Å². The summed E-state index contributed by atoms with van der Waals surface area (Å²) in [7, 11) is -1.95. The van der Waals surface area contributed by atoms with Crippen LogP contribution < -0.4 is 14.8 Å². The van der Waals surface area contributed by atoms with Gasteiger partial charge in [0.1, 0.15) is 5.82 Å². The molecule has 2 atom stereocenters. The van der Waals surface area contributed by atoms with Gasteiger partial charge in [0.15, 0.2) is 24.9 Å². The van der Waals surface area contributed by atoms with Crippen molar-refractivity contribution in [1.82, 2.24) is 9.88 Å². The molecule has 1 aromatic heterocycles. The summed E-state index contributed by atoms with van der Waals surface area (Å²) in [5.74, 6) is 0.911. The molecule has 2 aliphatic heterocycles. The van der Waals surface area contributed by atoms with Crippen LogP contribution in [0.25, 0.3) is 0 Å². The zero-order valence-corrected chi connectivity index (χ0v) is 27.2. The number of ether oxygens (including phenoxy) is 2. The Hall–Kier alpha value is -2.50. The van der Waals surface area contributed by atoms with E-state index in [0.717, 1.165) is 48.4 Å². The molecule has 0 bridgehead atoms. The van der Waals surface area contributed by atoms with Crippen LogP contribution in [0, 0.1) is 5.82 Å². The van der Waals surface area contributed by atoms with E-state index < -0.39 is 13.7 Å². The maximum atomic E-state index is 14.0. The highest BCUT2D eigenvalue weighted by Crippen LogP contribution is 2.51. The van der Waals surface area contributed by atoms with Crippen molar-refractivity contribution in [1.29, 1.82) is 0 Å². The standard InChI is InChI=1S/C31H37ClFN3O4SSi/c1-30(2,3)42(4,5)40-21-10-13-36(17-21)27(22-8-7-20(33)15-23(22)32)26-16-34-29(41-26)35-28(37)31(11-12-31)19-6-9-24-25(14-19)39-18-38-24/h6-9,14-16,21,27H,10-13,17-18H2,1-5H3,(H,34,35,37). The van der Waals surface area contributed by atoms with Gasteiger partial charge in [0.2, 0.25) is 12.7 Å². The lowest BCUT2D eigenvalue weighted by atomic mass is 9.94. The highest BCUT2D eigenvalue weighted by atomic mass is 35.5. The van der Waals surface area contributed by atoms with Crippen LogP contribution in [0.2, 0.25) is 23.2 Å². The number of hydrogen-bond acceptors (Lipinski definition) is 7. The summed E-state index contributed by atoms with van der Waals surface area (Å²) < 4.78 is 31.8. The Morgan fingerprint density at radius 2 is 1.98 bits per heavy atom. The molecule has 224 valence electrons. The van der Waals surface area contributed by atoms with E-state index in [4.69, 9.17) is 25.5 Å². The van der Waals surface area contributed by atoms with Crippen molar-refractivity contribution in [2.45, 2.75) is 75.7 Å². The third-order valence-corrected chi connectivity index (χ3v) is 15.0. The first-order valence-electron chi connectivity index (χ1n) is 14.4. The molecule has 3 heterocycles. The Bertz CT molecular complexity index is 1510. The van der Waals surface area contributed by atoms with Crippen LogP contribution in [0.15, 0.2) is 42.6 Å². The van der Waals surface area contributed by atoms with E-state index in [1.165, 1.54) is 23.5 Å². The number of nitrogens with one attached hydrogen (secondary N) is 1. The lowest BCUT2D eigenvalue weighted by Gasteiger charge is -2.38. The summed E-state index contributed by atoms with van der Waals surface area (Å²) in [5.41, 5.74) is 1.13. The molecule has 3 aromatic rings. The van der Waals surface area contributed by atoms with Crippen molar-refractivity contribution in [2.75, 3.05) is 25.2 Å². The lowest BCUT2D eigenvalue weighted by molar-refractivity contribution is -0.118. The second-order valence-corrected chi connectivity index (χ2v) is 19.2. The Morgan fingerprint density at radius 1 is 1.21 bits per heavy atom. The highest BCUT2D eigenvalue weighted by Gasteiger charge is 2.52. The monoisotopic (exact) mass is 629 g/mol. The van der Waals surface area contributed by atoms with Crippen molar-refractivity contribution in [3.8, 4) is 11.5 Å². The molecule has 1 saturated heterocycles. The molecule has 2 aromatic carbocycles. The number of anilines is 1. The van der Waals surface area contributed by atoms with Gasteiger partial charge in [-0.3, -0.25) is 9.69 Å². The summed E-state index contributed by atoms with van der Waals surface area (Å²) in [5, 5.41) is 4.08. The Kier molecular flexibility index (Phi) is 7.67. The molecule has 42 heavy (non-hydrogen) atoms. The number of carbonyl (C=O) groups is 1. The number of carbonyl (C=O) groups excluding carboxylic acids is 1. The van der Waals surface area contributed by atoms with Crippen LogP contribution in [0.3, 0.4) is 0 Å². The lowest BCUT2D eigenvalue weighted by Crippen LogP contribution is -2.44. The van der Waals surface area contributed by atoms with Crippen LogP contribution in [0.1, 0.15) is 62.1 Å². The van der Waals surface area contributed by atoms with Gasteiger partial charge >= 0.3 is 0 Å². The van der Waals surface area contributed by atoms with Gasteiger partial charge in [-0.25, -0.2) is 9.37 Å². The minimum absolute atomic E-state index is 0.0809. The molecule has 1 N–H and O–H groups in total. The van der Waals surface area contributed by atoms with Crippen LogP contribution in [-0.4, -0.2) is 50.1 Å². The predicted octanol–water partition coefficient (Wildman–Crippen LogP) is 7.52. The normalized spacial score (nSPS) is 20.5. The Labute approximate surface area is 256 Å². The van der Waals surface area contributed by atoms with Gasteiger partial charge in [-0.15, -0.1) is 0 Å². The molecular formula is C31H37ClFN3O4SSi. The van der Waals surface area contributed by atoms with E-state index in [1.807, 2.05) is 18.2 Å². The number of rotatable bonds is 8. The SMILES string of the molecule is CC(C)(C)[Si](C)(C)OC1CCN(C(c2cnc(NC(=O)C3(c4ccc5c(c4)OCO5)CC3)s2)c2ccc(F)cc2Cl)C1. The van der Waals surface area contributed by atoms with Gasteiger partial charge in [-0.1, -0.05) is 55.8 Å². The number of fused-ring (bicyclic) bond motifs is 1. The fourth-order valence-corrected chi connectivity index (χ4v) is 8.20. The average Bonchev–Trinajstić information content (AvgIpc) is 3.22. The molecule has 11 heteroatoms. The number of thiazole rings is 1. The molecule has 2 unspecified atom stereocenters. The number of hydrogen-bond donors (Lipinski definition) is 1. The fraction of sp³-hybridized carbons (Fsp3) is 0.484. The van der Waals surface area contributed by atoms with Gasteiger partial charge in [-0.05, 0) is 72.8 Å². The molecule has 1 saturated carbocycles. The van der Waals surface area contributed by atoms with E-state index in [2.05, 4.69) is 49.1 Å². The minimum atomic E-state index is -1.95. The van der Waals surface area contributed by atoms with E-state index in [9.17, 15) is 9.18 Å². The number of aromatic nitrogens is 1. The van der Waals surface area contributed by atoms with E-state index in [0.29, 0.717) is 21.7 Å². The quantitative estimate of drug-likeness (QED) is 0.260. The van der Waals surface area contributed by atoms with Crippen molar-refractivity contribution in [3.05, 3.63) is 69.4 Å². The maximum Gasteiger partial charge on any atom is 0.236 e. The molecule has 1 aliphatic carbocycles. The zero-order chi connectivity index (χ0) is 29.9. The van der Waals surface area contributed by atoms with Gasteiger partial charge in [0, 0.05) is 29.2 Å². The summed E-state index contributed by atoms with van der Waals surface area (Å²) >= 11 is 8.05. The molecule has 3 aliphatic rings. The molecular weight excluding hydrogens is 593 g/mol. The number of amides is 1. The van der Waals surface area contributed by atoms with Crippen molar-refractivity contribution in [2.24, 2.45) is 0 Å². The first kappa shape index (κ1) is 29.6. The van der Waals surface area contributed by atoms with E-state index >= 15 is 0 Å². The van der Waals surface area contributed by atoms with Gasteiger partial charge in [0.05, 0.1) is 17.6 Å². The second-order valence-electron chi connectivity index (χ2n) is 13.0. The largest absolute Gasteiger partial charge is 0.454 e.